The van der Waals surface area contributed by atoms with Crippen molar-refractivity contribution in [2.75, 3.05) is 5.32 Å². The Kier molecular flexibility index (Phi) is 4.49. The van der Waals surface area contributed by atoms with Crippen LogP contribution < -0.4 is 16.6 Å². The van der Waals surface area contributed by atoms with Crippen LogP contribution in [0.2, 0.25) is 0 Å². The van der Waals surface area contributed by atoms with Crippen LogP contribution in [-0.4, -0.2) is 15.9 Å². The van der Waals surface area contributed by atoms with Gasteiger partial charge >= 0.3 is 5.69 Å². The highest BCUT2D eigenvalue weighted by Gasteiger charge is 2.06. The minimum absolute atomic E-state index is 0.0503. The summed E-state index contributed by atoms with van der Waals surface area (Å²) in [5.41, 5.74) is 0.0127. The summed E-state index contributed by atoms with van der Waals surface area (Å²) in [7, 11) is 0. The quantitative estimate of drug-likeness (QED) is 0.759. The minimum Gasteiger partial charge on any atom is -0.320 e. The van der Waals surface area contributed by atoms with Gasteiger partial charge in [-0.3, -0.25) is 14.6 Å². The van der Waals surface area contributed by atoms with Gasteiger partial charge in [-0.05, 0) is 18.4 Å². The molecular weight excluding hydrogens is 258 g/mol. The van der Waals surface area contributed by atoms with E-state index in [-0.39, 0.29) is 11.6 Å². The van der Waals surface area contributed by atoms with Gasteiger partial charge in [-0.25, -0.2) is 4.79 Å². The van der Waals surface area contributed by atoms with E-state index in [1.54, 1.807) is 0 Å². The smallest absolute Gasteiger partial charge is 0.320 e. The molecule has 2 aromatic rings. The van der Waals surface area contributed by atoms with Gasteiger partial charge in [0.05, 0.1) is 0 Å². The fourth-order valence-corrected chi connectivity index (χ4v) is 1.81. The highest BCUT2D eigenvalue weighted by molar-refractivity contribution is 5.90. The van der Waals surface area contributed by atoms with Gasteiger partial charge in [-0.15, -0.1) is 0 Å². The number of nitrogens with one attached hydrogen (secondary N) is 3. The molecule has 0 fully saturated rings. The van der Waals surface area contributed by atoms with E-state index in [1.165, 1.54) is 11.8 Å². The van der Waals surface area contributed by atoms with Crippen molar-refractivity contribution < 1.29 is 4.79 Å². The van der Waals surface area contributed by atoms with Crippen molar-refractivity contribution in [2.24, 2.45) is 0 Å². The van der Waals surface area contributed by atoms with E-state index in [1.807, 2.05) is 35.3 Å². The van der Waals surface area contributed by atoms with Crippen molar-refractivity contribution in [3.8, 4) is 0 Å². The number of anilines is 1. The summed E-state index contributed by atoms with van der Waals surface area (Å²) in [5.74, 6) is -0.251. The SMILES string of the molecule is O=C(CCCc1ccccc1)Nc1c[nH]c(=O)[nH]c1=O. The molecule has 20 heavy (non-hydrogen) atoms. The fourth-order valence-electron chi connectivity index (χ4n) is 1.81. The fraction of sp³-hybridized carbons (Fsp3) is 0.214. The van der Waals surface area contributed by atoms with Gasteiger partial charge < -0.3 is 10.3 Å². The molecule has 1 aromatic carbocycles. The summed E-state index contributed by atoms with van der Waals surface area (Å²) in [4.78, 5) is 38.2. The van der Waals surface area contributed by atoms with Crippen LogP contribution in [0.1, 0.15) is 18.4 Å². The zero-order valence-electron chi connectivity index (χ0n) is 10.8. The number of hydrogen-bond donors (Lipinski definition) is 3. The Balaban J connectivity index is 1.84. The van der Waals surface area contributed by atoms with E-state index in [0.29, 0.717) is 12.8 Å². The topological polar surface area (TPSA) is 94.8 Å². The largest absolute Gasteiger partial charge is 0.325 e. The van der Waals surface area contributed by atoms with Crippen molar-refractivity contribution in [2.45, 2.75) is 19.3 Å². The third-order valence-corrected chi connectivity index (χ3v) is 2.81. The number of H-pyrrole nitrogens is 2. The van der Waals surface area contributed by atoms with Gasteiger partial charge in [0.1, 0.15) is 5.69 Å². The normalized spacial score (nSPS) is 10.2. The van der Waals surface area contributed by atoms with Gasteiger partial charge in [0.2, 0.25) is 5.91 Å². The van der Waals surface area contributed by atoms with Crippen LogP contribution in [0.3, 0.4) is 0 Å². The molecule has 1 heterocycles. The van der Waals surface area contributed by atoms with E-state index in [4.69, 9.17) is 0 Å². The number of hydrogen-bond acceptors (Lipinski definition) is 3. The molecule has 0 bridgehead atoms. The average Bonchev–Trinajstić information content (AvgIpc) is 2.43. The predicted octanol–water partition coefficient (Wildman–Crippen LogP) is 1.02. The lowest BCUT2D eigenvalue weighted by Gasteiger charge is -2.04. The molecule has 0 saturated heterocycles. The van der Waals surface area contributed by atoms with E-state index < -0.39 is 11.2 Å². The summed E-state index contributed by atoms with van der Waals surface area (Å²) >= 11 is 0. The maximum absolute atomic E-state index is 11.7. The van der Waals surface area contributed by atoms with Crippen molar-refractivity contribution in [1.82, 2.24) is 9.97 Å². The first-order valence-electron chi connectivity index (χ1n) is 6.31. The van der Waals surface area contributed by atoms with Crippen molar-refractivity contribution in [1.29, 1.82) is 0 Å². The van der Waals surface area contributed by atoms with Crippen LogP contribution in [0, 0.1) is 0 Å². The van der Waals surface area contributed by atoms with Crippen LogP contribution in [-0.2, 0) is 11.2 Å². The van der Waals surface area contributed by atoms with Crippen LogP contribution in [0.5, 0.6) is 0 Å². The second-order valence-corrected chi connectivity index (χ2v) is 4.37. The second-order valence-electron chi connectivity index (χ2n) is 4.37. The first-order chi connectivity index (χ1) is 9.65. The number of amides is 1. The Labute approximate surface area is 114 Å². The number of benzene rings is 1. The summed E-state index contributed by atoms with van der Waals surface area (Å²) in [6.45, 7) is 0. The van der Waals surface area contributed by atoms with Crippen molar-refractivity contribution in [3.63, 3.8) is 0 Å². The van der Waals surface area contributed by atoms with E-state index in [2.05, 4.69) is 10.3 Å². The standard InChI is InChI=1S/C14H15N3O3/c18-12(8-4-7-10-5-2-1-3-6-10)16-11-9-15-14(20)17-13(11)19/h1-3,5-6,9H,4,7-8H2,(H,16,18)(H2,15,17,19,20). The molecule has 0 atom stereocenters. The third kappa shape index (κ3) is 3.94. The summed E-state index contributed by atoms with van der Waals surface area (Å²) < 4.78 is 0. The zero-order chi connectivity index (χ0) is 14.4. The molecule has 0 spiro atoms. The lowest BCUT2D eigenvalue weighted by molar-refractivity contribution is -0.116. The highest BCUT2D eigenvalue weighted by Crippen LogP contribution is 2.05. The molecule has 6 nitrogen and oxygen atoms in total. The molecule has 0 aliphatic rings. The van der Waals surface area contributed by atoms with Gasteiger partial charge in [-0.2, -0.15) is 0 Å². The van der Waals surface area contributed by atoms with Crippen LogP contribution >= 0.6 is 0 Å². The Morgan fingerprint density at radius 1 is 1.15 bits per heavy atom. The van der Waals surface area contributed by atoms with E-state index in [0.717, 1.165) is 6.42 Å². The summed E-state index contributed by atoms with van der Waals surface area (Å²) in [5, 5.41) is 2.47. The Morgan fingerprint density at radius 3 is 2.60 bits per heavy atom. The Bertz CT molecular complexity index is 689. The molecular formula is C14H15N3O3. The molecule has 2 rings (SSSR count). The van der Waals surface area contributed by atoms with Gasteiger partial charge in [0.25, 0.3) is 5.56 Å². The van der Waals surface area contributed by atoms with Crippen LogP contribution in [0.25, 0.3) is 0 Å². The van der Waals surface area contributed by atoms with Crippen LogP contribution in [0.15, 0.2) is 46.1 Å². The molecule has 1 aromatic heterocycles. The first kappa shape index (κ1) is 13.8. The zero-order valence-corrected chi connectivity index (χ0v) is 10.8. The molecule has 0 unspecified atom stereocenters. The molecule has 104 valence electrons. The van der Waals surface area contributed by atoms with E-state index >= 15 is 0 Å². The minimum atomic E-state index is -0.606. The van der Waals surface area contributed by atoms with E-state index in [9.17, 15) is 14.4 Å². The van der Waals surface area contributed by atoms with Crippen LogP contribution in [0.4, 0.5) is 5.69 Å². The number of aromatic nitrogens is 2. The molecule has 0 aliphatic carbocycles. The molecule has 0 saturated carbocycles. The maximum atomic E-state index is 11.7. The lowest BCUT2D eigenvalue weighted by atomic mass is 10.1. The molecule has 0 aliphatic heterocycles. The van der Waals surface area contributed by atoms with Gasteiger partial charge in [0.15, 0.2) is 0 Å². The number of rotatable bonds is 5. The summed E-state index contributed by atoms with van der Waals surface area (Å²) in [6, 6.07) is 9.86. The van der Waals surface area contributed by atoms with Crippen molar-refractivity contribution in [3.05, 3.63) is 62.9 Å². The van der Waals surface area contributed by atoms with Gasteiger partial charge in [0, 0.05) is 12.6 Å². The second kappa shape index (κ2) is 6.51. The first-order valence-corrected chi connectivity index (χ1v) is 6.31. The number of carbonyl (C=O) groups is 1. The van der Waals surface area contributed by atoms with Gasteiger partial charge in [-0.1, -0.05) is 30.3 Å². The maximum Gasteiger partial charge on any atom is 0.325 e. The Morgan fingerprint density at radius 2 is 1.90 bits per heavy atom. The number of carbonyl (C=O) groups excluding carboxylic acids is 1. The Hall–Kier alpha value is -2.63. The molecule has 1 amide bonds. The lowest BCUT2D eigenvalue weighted by Crippen LogP contribution is -2.26. The third-order valence-electron chi connectivity index (χ3n) is 2.81. The predicted molar refractivity (Wildman–Crippen MR) is 75.7 cm³/mol. The summed E-state index contributed by atoms with van der Waals surface area (Å²) in [6.07, 6.45) is 3.00. The molecule has 3 N–H and O–H groups in total. The highest BCUT2D eigenvalue weighted by atomic mass is 16.2. The molecule has 0 radical (unpaired) electrons. The monoisotopic (exact) mass is 273 g/mol. The number of aryl methyl sites for hydroxylation is 1. The molecule has 6 heteroatoms. The number of aromatic amines is 2. The average molecular weight is 273 g/mol. The van der Waals surface area contributed by atoms with Crippen molar-refractivity contribution >= 4 is 11.6 Å².